The zero-order chi connectivity index (χ0) is 15.8. The lowest BCUT2D eigenvalue weighted by atomic mass is 9.95. The number of likely N-dealkylation sites (tertiary alicyclic amines) is 1. The molecule has 0 N–H and O–H groups in total. The second-order valence-electron chi connectivity index (χ2n) is 6.00. The van der Waals surface area contributed by atoms with E-state index < -0.39 is 0 Å². The fraction of sp³-hybridized carbons (Fsp3) is 0.278. The normalized spacial score (nSPS) is 14.9. The molecule has 0 spiro atoms. The maximum atomic E-state index is 12.5. The molecule has 3 aromatic rings. The first kappa shape index (κ1) is 13.9. The topological polar surface area (TPSA) is 50.5 Å². The van der Waals surface area contributed by atoms with Crippen LogP contribution in [0.25, 0.3) is 5.65 Å². The Kier molecular flexibility index (Phi) is 3.33. The van der Waals surface area contributed by atoms with Crippen LogP contribution in [0.2, 0.25) is 0 Å². The molecule has 1 fully saturated rings. The Morgan fingerprint density at radius 1 is 1.22 bits per heavy atom. The van der Waals surface area contributed by atoms with Crippen molar-refractivity contribution in [2.45, 2.75) is 19.3 Å². The smallest absolute Gasteiger partial charge is 0.228 e. The molecule has 4 heterocycles. The van der Waals surface area contributed by atoms with Gasteiger partial charge in [-0.25, -0.2) is 4.98 Å². The summed E-state index contributed by atoms with van der Waals surface area (Å²) in [4.78, 5) is 23.3. The van der Waals surface area contributed by atoms with Crippen molar-refractivity contribution in [2.24, 2.45) is 0 Å². The number of pyridine rings is 2. The molecule has 0 bridgehead atoms. The number of rotatable bonds is 3. The molecule has 5 heteroatoms. The second kappa shape index (κ2) is 5.50. The molecule has 0 radical (unpaired) electrons. The van der Waals surface area contributed by atoms with Gasteiger partial charge in [0, 0.05) is 37.1 Å². The molecule has 0 atom stereocenters. The molecule has 1 amide bonds. The van der Waals surface area contributed by atoms with Crippen LogP contribution in [0.4, 0.5) is 0 Å². The molecular formula is C18H18N4O. The van der Waals surface area contributed by atoms with E-state index in [0.29, 0.717) is 12.3 Å². The van der Waals surface area contributed by atoms with E-state index in [4.69, 9.17) is 0 Å². The van der Waals surface area contributed by atoms with Crippen LogP contribution in [-0.4, -0.2) is 38.3 Å². The molecule has 0 unspecified atom stereocenters. The quantitative estimate of drug-likeness (QED) is 0.745. The summed E-state index contributed by atoms with van der Waals surface area (Å²) in [5.74, 6) is 0.523. The Morgan fingerprint density at radius 2 is 2.04 bits per heavy atom. The van der Waals surface area contributed by atoms with Gasteiger partial charge in [0.2, 0.25) is 5.91 Å². The zero-order valence-electron chi connectivity index (χ0n) is 13.0. The van der Waals surface area contributed by atoms with E-state index in [9.17, 15) is 4.79 Å². The summed E-state index contributed by atoms with van der Waals surface area (Å²) >= 11 is 0. The van der Waals surface area contributed by atoms with Gasteiger partial charge in [-0.2, -0.15) is 0 Å². The number of fused-ring (bicyclic) bond motifs is 1. The van der Waals surface area contributed by atoms with Gasteiger partial charge in [-0.1, -0.05) is 12.1 Å². The number of nitrogens with zero attached hydrogens (tertiary/aromatic N) is 4. The van der Waals surface area contributed by atoms with Crippen molar-refractivity contribution in [2.75, 3.05) is 13.1 Å². The molecule has 4 rings (SSSR count). The van der Waals surface area contributed by atoms with Crippen molar-refractivity contribution in [3.63, 3.8) is 0 Å². The predicted octanol–water partition coefficient (Wildman–Crippen LogP) is 2.21. The lowest BCUT2D eigenvalue weighted by Crippen LogP contribution is -2.49. The first-order valence-corrected chi connectivity index (χ1v) is 7.83. The maximum absolute atomic E-state index is 12.5. The van der Waals surface area contributed by atoms with E-state index >= 15 is 0 Å². The molecule has 5 nitrogen and oxygen atoms in total. The third-order valence-corrected chi connectivity index (χ3v) is 4.49. The maximum Gasteiger partial charge on any atom is 0.228 e. The Balaban J connectivity index is 1.46. The summed E-state index contributed by atoms with van der Waals surface area (Å²) < 4.78 is 2.00. The van der Waals surface area contributed by atoms with Crippen LogP contribution in [0, 0.1) is 6.92 Å². The molecule has 116 valence electrons. The summed E-state index contributed by atoms with van der Waals surface area (Å²) in [7, 11) is 0. The van der Waals surface area contributed by atoms with Gasteiger partial charge < -0.3 is 9.30 Å². The Hall–Kier alpha value is -2.69. The Bertz CT molecular complexity index is 850. The minimum Gasteiger partial charge on any atom is -0.341 e. The Morgan fingerprint density at radius 3 is 2.83 bits per heavy atom. The lowest BCUT2D eigenvalue weighted by Gasteiger charge is -2.39. The van der Waals surface area contributed by atoms with Gasteiger partial charge in [-0.15, -0.1) is 0 Å². The van der Waals surface area contributed by atoms with E-state index in [2.05, 4.69) is 9.97 Å². The van der Waals surface area contributed by atoms with Crippen molar-refractivity contribution >= 4 is 11.6 Å². The van der Waals surface area contributed by atoms with Crippen LogP contribution in [-0.2, 0) is 11.2 Å². The average molecular weight is 306 g/mol. The molecule has 1 aliphatic rings. The van der Waals surface area contributed by atoms with Gasteiger partial charge in [0.1, 0.15) is 5.65 Å². The third kappa shape index (κ3) is 2.48. The molecule has 0 aromatic carbocycles. The summed E-state index contributed by atoms with van der Waals surface area (Å²) in [6, 6.07) is 11.8. The van der Waals surface area contributed by atoms with Crippen molar-refractivity contribution in [3.8, 4) is 0 Å². The molecule has 1 saturated heterocycles. The Labute approximate surface area is 134 Å². The predicted molar refractivity (Wildman–Crippen MR) is 87.2 cm³/mol. The summed E-state index contributed by atoms with van der Waals surface area (Å²) in [6.07, 6.45) is 4.16. The van der Waals surface area contributed by atoms with Crippen LogP contribution in [0.1, 0.15) is 23.0 Å². The van der Waals surface area contributed by atoms with Crippen LogP contribution in [0.3, 0.4) is 0 Å². The lowest BCUT2D eigenvalue weighted by molar-refractivity contribution is -0.135. The first-order valence-electron chi connectivity index (χ1n) is 7.83. The van der Waals surface area contributed by atoms with Crippen molar-refractivity contribution in [3.05, 3.63) is 65.9 Å². The SMILES string of the molecule is Cc1nc2ccccn2c1CC(=O)N1CC(c2ccccn2)C1. The number of carbonyl (C=O) groups excluding carboxylic acids is 1. The standard InChI is InChI=1S/C18H18N4O/c1-13-16(22-9-5-3-7-17(22)20-13)10-18(23)21-11-14(12-21)15-6-2-4-8-19-15/h2-9,14H,10-12H2,1H3. The van der Waals surface area contributed by atoms with Crippen molar-refractivity contribution < 1.29 is 4.79 Å². The molecule has 23 heavy (non-hydrogen) atoms. The molecule has 0 aliphatic carbocycles. The van der Waals surface area contributed by atoms with Crippen molar-refractivity contribution in [1.82, 2.24) is 19.3 Å². The number of aryl methyl sites for hydroxylation is 1. The molecular weight excluding hydrogens is 288 g/mol. The number of hydrogen-bond acceptors (Lipinski definition) is 3. The van der Waals surface area contributed by atoms with Gasteiger partial charge in [-0.3, -0.25) is 9.78 Å². The van der Waals surface area contributed by atoms with Crippen LogP contribution in [0.15, 0.2) is 48.8 Å². The number of carbonyl (C=O) groups is 1. The largest absolute Gasteiger partial charge is 0.341 e. The summed E-state index contributed by atoms with van der Waals surface area (Å²) in [5, 5.41) is 0. The highest BCUT2D eigenvalue weighted by Crippen LogP contribution is 2.26. The summed E-state index contributed by atoms with van der Waals surface area (Å²) in [6.45, 7) is 3.47. The minimum atomic E-state index is 0.158. The van der Waals surface area contributed by atoms with E-state index in [-0.39, 0.29) is 5.91 Å². The van der Waals surface area contributed by atoms with Gasteiger partial charge in [0.05, 0.1) is 17.8 Å². The van der Waals surface area contributed by atoms with Gasteiger partial charge >= 0.3 is 0 Å². The van der Waals surface area contributed by atoms with Gasteiger partial charge in [-0.05, 0) is 31.2 Å². The molecule has 3 aromatic heterocycles. The summed E-state index contributed by atoms with van der Waals surface area (Å²) in [5.41, 5.74) is 3.86. The monoisotopic (exact) mass is 306 g/mol. The zero-order valence-corrected chi connectivity index (χ0v) is 13.0. The highest BCUT2D eigenvalue weighted by molar-refractivity contribution is 5.80. The van der Waals surface area contributed by atoms with Gasteiger partial charge in [0.25, 0.3) is 0 Å². The fourth-order valence-corrected chi connectivity index (χ4v) is 3.12. The van der Waals surface area contributed by atoms with Crippen LogP contribution >= 0.6 is 0 Å². The first-order chi connectivity index (χ1) is 11.2. The fourth-order valence-electron chi connectivity index (χ4n) is 3.12. The number of imidazole rings is 1. The highest BCUT2D eigenvalue weighted by Gasteiger charge is 2.32. The average Bonchev–Trinajstić information content (AvgIpc) is 2.83. The molecule has 1 aliphatic heterocycles. The number of aromatic nitrogens is 3. The minimum absolute atomic E-state index is 0.158. The van der Waals surface area contributed by atoms with E-state index in [1.807, 2.05) is 65.0 Å². The van der Waals surface area contributed by atoms with Crippen LogP contribution in [0.5, 0.6) is 0 Å². The third-order valence-electron chi connectivity index (χ3n) is 4.49. The van der Waals surface area contributed by atoms with E-state index in [1.165, 1.54) is 0 Å². The van der Waals surface area contributed by atoms with E-state index in [0.717, 1.165) is 35.8 Å². The van der Waals surface area contributed by atoms with Gasteiger partial charge in [0.15, 0.2) is 0 Å². The van der Waals surface area contributed by atoms with Crippen LogP contribution < -0.4 is 0 Å². The number of amides is 1. The highest BCUT2D eigenvalue weighted by atomic mass is 16.2. The molecule has 0 saturated carbocycles. The second-order valence-corrected chi connectivity index (χ2v) is 6.00. The van der Waals surface area contributed by atoms with E-state index in [1.54, 1.807) is 0 Å². The van der Waals surface area contributed by atoms with Crippen molar-refractivity contribution in [1.29, 1.82) is 0 Å². The number of hydrogen-bond donors (Lipinski definition) is 0.